The number of H-pyrrole nitrogens is 1. The fourth-order valence-corrected chi connectivity index (χ4v) is 1.09. The molecule has 0 radical (unpaired) electrons. The van der Waals surface area contributed by atoms with Crippen LogP contribution in [0, 0.1) is 11.6 Å². The highest BCUT2D eigenvalue weighted by Gasteiger charge is 2.03. The third-order valence-corrected chi connectivity index (χ3v) is 1.76. The minimum absolute atomic E-state index is 0.148. The minimum Gasteiger partial charge on any atom is -0.339 e. The second-order valence-corrected chi connectivity index (χ2v) is 2.93. The molecule has 2 rings (SSSR count). The molecule has 82 valence electrons. The zero-order chi connectivity index (χ0) is 11.5. The standard InChI is InChI=1S/C9H6F2N4O/c10-6-2-1-5(3-7(6)11)13-8-4-12-15-9(16)14-8/h1-4H,(H2,13,14,15,16). The fraction of sp³-hybridized carbons (Fsp3) is 0. The summed E-state index contributed by atoms with van der Waals surface area (Å²) in [5.74, 6) is -1.78. The lowest BCUT2D eigenvalue weighted by atomic mass is 10.3. The molecule has 0 saturated carbocycles. The number of nitrogens with one attached hydrogen (secondary N) is 2. The summed E-state index contributed by atoms with van der Waals surface area (Å²) < 4.78 is 25.5. The van der Waals surface area contributed by atoms with Crippen molar-refractivity contribution in [1.29, 1.82) is 0 Å². The number of benzene rings is 1. The van der Waals surface area contributed by atoms with Gasteiger partial charge in [-0.15, -0.1) is 0 Å². The van der Waals surface area contributed by atoms with Gasteiger partial charge >= 0.3 is 5.69 Å². The largest absolute Gasteiger partial charge is 0.363 e. The first kappa shape index (κ1) is 10.2. The molecular weight excluding hydrogens is 218 g/mol. The lowest BCUT2D eigenvalue weighted by Crippen LogP contribution is -2.13. The van der Waals surface area contributed by atoms with Gasteiger partial charge < -0.3 is 5.32 Å². The maximum Gasteiger partial charge on any atom is 0.363 e. The van der Waals surface area contributed by atoms with E-state index in [1.165, 1.54) is 12.3 Å². The van der Waals surface area contributed by atoms with E-state index in [0.717, 1.165) is 12.1 Å². The van der Waals surface area contributed by atoms with Gasteiger partial charge in [-0.05, 0) is 12.1 Å². The Hall–Kier alpha value is -2.31. The van der Waals surface area contributed by atoms with Crippen LogP contribution in [-0.4, -0.2) is 15.2 Å². The lowest BCUT2D eigenvalue weighted by molar-refractivity contribution is 0.509. The number of anilines is 2. The van der Waals surface area contributed by atoms with Crippen LogP contribution in [0.3, 0.4) is 0 Å². The molecule has 0 aliphatic carbocycles. The molecule has 1 aromatic carbocycles. The van der Waals surface area contributed by atoms with Gasteiger partial charge in [0.25, 0.3) is 0 Å². The monoisotopic (exact) mass is 224 g/mol. The Balaban J connectivity index is 2.27. The van der Waals surface area contributed by atoms with E-state index in [1.807, 2.05) is 0 Å². The molecule has 5 nitrogen and oxygen atoms in total. The van der Waals surface area contributed by atoms with Gasteiger partial charge in [-0.2, -0.15) is 10.1 Å². The van der Waals surface area contributed by atoms with Gasteiger partial charge in [-0.25, -0.2) is 18.7 Å². The molecule has 0 unspecified atom stereocenters. The van der Waals surface area contributed by atoms with Crippen molar-refractivity contribution in [2.75, 3.05) is 5.32 Å². The zero-order valence-electron chi connectivity index (χ0n) is 7.87. The summed E-state index contributed by atoms with van der Waals surface area (Å²) in [5.41, 5.74) is -0.355. The molecule has 7 heteroatoms. The summed E-state index contributed by atoms with van der Waals surface area (Å²) >= 11 is 0. The van der Waals surface area contributed by atoms with E-state index >= 15 is 0 Å². The Morgan fingerprint density at radius 2 is 2.06 bits per heavy atom. The molecule has 2 N–H and O–H groups in total. The predicted molar refractivity (Wildman–Crippen MR) is 52.3 cm³/mol. The highest BCUT2D eigenvalue weighted by Crippen LogP contribution is 2.15. The predicted octanol–water partition coefficient (Wildman–Crippen LogP) is 1.19. The van der Waals surface area contributed by atoms with Crippen LogP contribution in [0.5, 0.6) is 0 Å². The molecule has 0 saturated heterocycles. The third kappa shape index (κ3) is 2.19. The van der Waals surface area contributed by atoms with Crippen LogP contribution in [0.25, 0.3) is 0 Å². The second-order valence-electron chi connectivity index (χ2n) is 2.93. The van der Waals surface area contributed by atoms with Crippen molar-refractivity contribution in [2.45, 2.75) is 0 Å². The summed E-state index contributed by atoms with van der Waals surface area (Å²) in [6, 6.07) is 3.25. The Morgan fingerprint density at radius 1 is 1.25 bits per heavy atom. The molecule has 0 spiro atoms. The summed E-state index contributed by atoms with van der Waals surface area (Å²) in [6.45, 7) is 0. The van der Waals surface area contributed by atoms with Crippen LogP contribution in [0.1, 0.15) is 0 Å². The molecule has 0 fully saturated rings. The Kier molecular flexibility index (Phi) is 2.59. The average molecular weight is 224 g/mol. The quantitative estimate of drug-likeness (QED) is 0.803. The van der Waals surface area contributed by atoms with E-state index in [1.54, 1.807) is 0 Å². The number of aromatic nitrogens is 3. The van der Waals surface area contributed by atoms with Gasteiger partial charge in [0.2, 0.25) is 0 Å². The molecule has 1 aromatic heterocycles. The number of nitrogens with zero attached hydrogens (tertiary/aromatic N) is 2. The number of hydrogen-bond donors (Lipinski definition) is 2. The van der Waals surface area contributed by atoms with Crippen LogP contribution in [0.15, 0.2) is 29.2 Å². The van der Waals surface area contributed by atoms with Crippen molar-refractivity contribution in [1.82, 2.24) is 15.2 Å². The molecule has 0 aliphatic heterocycles. The molecule has 0 atom stereocenters. The Labute approximate surface area is 88.2 Å². The maximum atomic E-state index is 12.8. The van der Waals surface area contributed by atoms with Crippen LogP contribution in [0.4, 0.5) is 20.3 Å². The van der Waals surface area contributed by atoms with E-state index in [0.29, 0.717) is 0 Å². The molecule has 0 bridgehead atoms. The van der Waals surface area contributed by atoms with E-state index < -0.39 is 17.3 Å². The SMILES string of the molecule is O=c1nc(Nc2ccc(F)c(F)c2)cn[nH]1. The molecule has 0 aliphatic rings. The van der Waals surface area contributed by atoms with Gasteiger partial charge in [0.15, 0.2) is 17.5 Å². The van der Waals surface area contributed by atoms with Crippen molar-refractivity contribution in [3.05, 3.63) is 46.5 Å². The highest BCUT2D eigenvalue weighted by molar-refractivity contribution is 5.54. The highest BCUT2D eigenvalue weighted by atomic mass is 19.2. The van der Waals surface area contributed by atoms with Crippen LogP contribution < -0.4 is 11.0 Å². The van der Waals surface area contributed by atoms with Crippen molar-refractivity contribution in [2.24, 2.45) is 0 Å². The molecule has 16 heavy (non-hydrogen) atoms. The molecular formula is C9H6F2N4O. The van der Waals surface area contributed by atoms with Gasteiger partial charge in [0.1, 0.15) is 0 Å². The molecule has 0 amide bonds. The van der Waals surface area contributed by atoms with E-state index in [2.05, 4.69) is 20.5 Å². The van der Waals surface area contributed by atoms with Crippen LogP contribution >= 0.6 is 0 Å². The Morgan fingerprint density at radius 3 is 2.75 bits per heavy atom. The summed E-state index contributed by atoms with van der Waals surface area (Å²) in [6.07, 6.45) is 1.25. The van der Waals surface area contributed by atoms with Crippen molar-refractivity contribution < 1.29 is 8.78 Å². The van der Waals surface area contributed by atoms with Gasteiger partial charge in [0, 0.05) is 11.8 Å². The second kappa shape index (κ2) is 4.05. The first-order chi connectivity index (χ1) is 7.65. The minimum atomic E-state index is -0.984. The van der Waals surface area contributed by atoms with E-state index in [9.17, 15) is 13.6 Å². The fourth-order valence-electron chi connectivity index (χ4n) is 1.09. The smallest absolute Gasteiger partial charge is 0.339 e. The van der Waals surface area contributed by atoms with Gasteiger partial charge in [0.05, 0.1) is 6.20 Å². The lowest BCUT2D eigenvalue weighted by Gasteiger charge is -2.03. The van der Waals surface area contributed by atoms with Crippen molar-refractivity contribution in [3.63, 3.8) is 0 Å². The Bertz CT molecular complexity index is 569. The number of hydrogen-bond acceptors (Lipinski definition) is 4. The number of aromatic amines is 1. The zero-order valence-corrected chi connectivity index (χ0v) is 7.87. The van der Waals surface area contributed by atoms with Crippen LogP contribution in [0.2, 0.25) is 0 Å². The summed E-state index contributed by atoms with van der Waals surface area (Å²) in [7, 11) is 0. The first-order valence-electron chi connectivity index (χ1n) is 4.29. The maximum absolute atomic E-state index is 12.8. The number of rotatable bonds is 2. The normalized spacial score (nSPS) is 10.1. The van der Waals surface area contributed by atoms with Crippen molar-refractivity contribution >= 4 is 11.5 Å². The number of halogens is 2. The summed E-state index contributed by atoms with van der Waals surface area (Å²) in [4.78, 5) is 14.3. The molecule has 1 heterocycles. The summed E-state index contributed by atoms with van der Waals surface area (Å²) in [5, 5.41) is 8.19. The third-order valence-electron chi connectivity index (χ3n) is 1.76. The van der Waals surface area contributed by atoms with Gasteiger partial charge in [-0.1, -0.05) is 0 Å². The molecule has 2 aromatic rings. The van der Waals surface area contributed by atoms with Crippen molar-refractivity contribution in [3.8, 4) is 0 Å². The van der Waals surface area contributed by atoms with Gasteiger partial charge in [-0.3, -0.25) is 0 Å². The van der Waals surface area contributed by atoms with E-state index in [4.69, 9.17) is 0 Å². The average Bonchev–Trinajstić information content (AvgIpc) is 2.24. The van der Waals surface area contributed by atoms with Crippen LogP contribution in [-0.2, 0) is 0 Å². The first-order valence-corrected chi connectivity index (χ1v) is 4.29. The topological polar surface area (TPSA) is 70.7 Å². The van der Waals surface area contributed by atoms with E-state index in [-0.39, 0.29) is 11.5 Å².